The van der Waals surface area contributed by atoms with Gasteiger partial charge in [-0.3, -0.25) is 14.9 Å². The van der Waals surface area contributed by atoms with Crippen molar-refractivity contribution in [3.05, 3.63) is 65.6 Å². The maximum absolute atomic E-state index is 13.5. The Hall–Kier alpha value is -2.89. The molecule has 0 bridgehead atoms. The van der Waals surface area contributed by atoms with Gasteiger partial charge in [0.2, 0.25) is 0 Å². The molecule has 1 fully saturated rings. The highest BCUT2D eigenvalue weighted by Gasteiger charge is 2.43. The van der Waals surface area contributed by atoms with E-state index in [1.54, 1.807) is 4.90 Å². The van der Waals surface area contributed by atoms with E-state index in [1.165, 1.54) is 12.1 Å². The first-order chi connectivity index (χ1) is 15.0. The van der Waals surface area contributed by atoms with E-state index >= 15 is 0 Å². The molecule has 1 aromatic heterocycles. The number of nitrogens with zero attached hydrogens (tertiary/aromatic N) is 3. The van der Waals surface area contributed by atoms with Crippen molar-refractivity contribution in [1.29, 1.82) is 0 Å². The van der Waals surface area contributed by atoms with Gasteiger partial charge in [-0.15, -0.1) is 0 Å². The third-order valence-electron chi connectivity index (χ3n) is 5.67. The van der Waals surface area contributed by atoms with Crippen molar-refractivity contribution in [3.8, 4) is 0 Å². The Balaban J connectivity index is 1.65. The lowest BCUT2D eigenvalue weighted by molar-refractivity contribution is -0.383. The van der Waals surface area contributed by atoms with Crippen LogP contribution in [0.1, 0.15) is 30.7 Å². The lowest BCUT2D eigenvalue weighted by Crippen LogP contribution is -2.47. The fourth-order valence-corrected chi connectivity index (χ4v) is 5.22. The van der Waals surface area contributed by atoms with Crippen LogP contribution in [0.3, 0.4) is 0 Å². The number of rotatable bonds is 3. The monoisotopic (exact) mass is 473 g/mol. The molecule has 32 heavy (non-hydrogen) atoms. The van der Waals surface area contributed by atoms with Crippen molar-refractivity contribution in [3.63, 3.8) is 0 Å². The molecule has 12 heteroatoms. The lowest BCUT2D eigenvalue weighted by atomic mass is 9.89. The average molecular weight is 473 g/mol. The smallest absolute Gasteiger partial charge is 0.348 e. The minimum atomic E-state index is -4.72. The molecule has 0 amide bonds. The van der Waals surface area contributed by atoms with E-state index in [0.717, 1.165) is 17.4 Å². The van der Waals surface area contributed by atoms with Crippen molar-refractivity contribution in [1.82, 2.24) is 4.98 Å². The summed E-state index contributed by atoms with van der Waals surface area (Å²) in [5, 5.41) is 11.2. The summed E-state index contributed by atoms with van der Waals surface area (Å²) >= 11 is 0.814. The standard InChI is InChI=1S/C20H16F5N3O3S/c21-13-5-11(6-14(22)9-13)10-1-3-27(4-2-10)19-26-18(29)15-7-12(20(23,24)25)8-16(28(30)31)17(15)32-19/h5-7,9-10,12H,1-4,8H2. The van der Waals surface area contributed by atoms with Crippen LogP contribution in [0.4, 0.5) is 27.1 Å². The van der Waals surface area contributed by atoms with Gasteiger partial charge in [-0.1, -0.05) is 17.4 Å². The zero-order chi connectivity index (χ0) is 23.2. The zero-order valence-corrected chi connectivity index (χ0v) is 17.2. The number of hydrogen-bond donors (Lipinski definition) is 0. The van der Waals surface area contributed by atoms with Gasteiger partial charge in [0, 0.05) is 19.2 Å². The van der Waals surface area contributed by atoms with Crippen molar-refractivity contribution in [2.75, 3.05) is 18.0 Å². The SMILES string of the molecule is O=c1nc(N2CCC(c3cc(F)cc(F)c3)CC2)sc2c1=CC(C(F)(F)F)CC=2[N+](=O)[O-]. The van der Waals surface area contributed by atoms with Crippen LogP contribution >= 0.6 is 11.3 Å². The summed E-state index contributed by atoms with van der Waals surface area (Å²) in [5.74, 6) is -3.58. The predicted octanol–water partition coefficient (Wildman–Crippen LogP) is 2.91. The van der Waals surface area contributed by atoms with Crippen molar-refractivity contribution in [2.45, 2.75) is 31.4 Å². The number of anilines is 1. The molecule has 1 saturated heterocycles. The third kappa shape index (κ3) is 4.36. The molecule has 1 atom stereocenters. The molecular weight excluding hydrogens is 457 g/mol. The van der Waals surface area contributed by atoms with Gasteiger partial charge in [0.05, 0.1) is 22.5 Å². The van der Waals surface area contributed by atoms with Crippen molar-refractivity contribution >= 4 is 28.2 Å². The average Bonchev–Trinajstić information content (AvgIpc) is 2.71. The molecule has 2 aliphatic rings. The highest BCUT2D eigenvalue weighted by molar-refractivity contribution is 7.13. The first-order valence-electron chi connectivity index (χ1n) is 9.71. The van der Waals surface area contributed by atoms with Crippen LogP contribution in [0.25, 0.3) is 11.8 Å². The van der Waals surface area contributed by atoms with E-state index in [1.807, 2.05) is 0 Å². The Labute approximate surface area is 181 Å². The van der Waals surface area contributed by atoms with Crippen molar-refractivity contribution in [2.24, 2.45) is 5.92 Å². The number of fused-ring (bicyclic) bond motifs is 1. The van der Waals surface area contributed by atoms with Crippen LogP contribution in [0.2, 0.25) is 0 Å². The van der Waals surface area contributed by atoms with Gasteiger partial charge in [0.1, 0.15) is 16.2 Å². The predicted molar refractivity (Wildman–Crippen MR) is 107 cm³/mol. The molecule has 0 spiro atoms. The summed E-state index contributed by atoms with van der Waals surface area (Å²) in [6.07, 6.45) is -3.86. The first-order valence-corrected chi connectivity index (χ1v) is 10.5. The number of piperidine rings is 1. The van der Waals surface area contributed by atoms with Gasteiger partial charge < -0.3 is 4.90 Å². The summed E-state index contributed by atoms with van der Waals surface area (Å²) in [5.41, 5.74) is -1.08. The highest BCUT2D eigenvalue weighted by Crippen LogP contribution is 2.34. The number of hydrogen-bond acceptors (Lipinski definition) is 6. The zero-order valence-electron chi connectivity index (χ0n) is 16.4. The van der Waals surface area contributed by atoms with Gasteiger partial charge in [0.15, 0.2) is 5.13 Å². The molecule has 4 rings (SSSR count). The summed E-state index contributed by atoms with van der Waals surface area (Å²) in [4.78, 5) is 28.6. The normalized spacial score (nSPS) is 19.5. The number of aromatic nitrogens is 1. The number of benzene rings is 1. The molecule has 0 N–H and O–H groups in total. The van der Waals surface area contributed by atoms with Crippen LogP contribution in [0.5, 0.6) is 0 Å². The molecular formula is C20H16F5N3O3S. The molecule has 1 unspecified atom stereocenters. The topological polar surface area (TPSA) is 76.3 Å². The van der Waals surface area contributed by atoms with E-state index < -0.39 is 51.5 Å². The van der Waals surface area contributed by atoms with E-state index in [4.69, 9.17) is 0 Å². The van der Waals surface area contributed by atoms with Gasteiger partial charge in [-0.25, -0.2) is 8.78 Å². The Bertz CT molecular complexity index is 1230. The second-order valence-electron chi connectivity index (χ2n) is 7.73. The molecule has 1 aromatic carbocycles. The van der Waals surface area contributed by atoms with E-state index in [9.17, 15) is 36.9 Å². The summed E-state index contributed by atoms with van der Waals surface area (Å²) in [6.45, 7) is 0.737. The minimum absolute atomic E-state index is 0.111. The molecule has 1 aliphatic heterocycles. The van der Waals surface area contributed by atoms with Gasteiger partial charge in [0.25, 0.3) is 11.3 Å². The largest absolute Gasteiger partial charge is 0.395 e. The quantitative estimate of drug-likeness (QED) is 0.389. The van der Waals surface area contributed by atoms with E-state index in [0.29, 0.717) is 37.6 Å². The fourth-order valence-electron chi connectivity index (χ4n) is 4.05. The van der Waals surface area contributed by atoms with Crippen LogP contribution < -0.4 is 20.2 Å². The van der Waals surface area contributed by atoms with Gasteiger partial charge >= 0.3 is 6.18 Å². The van der Waals surface area contributed by atoms with Gasteiger partial charge in [-0.05, 0) is 36.5 Å². The summed E-state index contributed by atoms with van der Waals surface area (Å²) in [7, 11) is 0. The highest BCUT2D eigenvalue weighted by atomic mass is 32.1. The lowest BCUT2D eigenvalue weighted by Gasteiger charge is -2.32. The molecule has 0 radical (unpaired) electrons. The summed E-state index contributed by atoms with van der Waals surface area (Å²) in [6, 6.07) is 3.32. The Morgan fingerprint density at radius 3 is 2.31 bits per heavy atom. The molecule has 1 aliphatic carbocycles. The Kier molecular flexibility index (Phi) is 5.74. The molecule has 2 aromatic rings. The van der Waals surface area contributed by atoms with Crippen molar-refractivity contribution < 1.29 is 26.9 Å². The molecule has 170 valence electrons. The van der Waals surface area contributed by atoms with Crippen LogP contribution in [-0.2, 0) is 0 Å². The number of nitro groups is 1. The minimum Gasteiger partial charge on any atom is -0.348 e. The van der Waals surface area contributed by atoms with Crippen LogP contribution in [0, 0.1) is 27.7 Å². The van der Waals surface area contributed by atoms with Crippen LogP contribution in [-0.4, -0.2) is 29.2 Å². The second kappa shape index (κ2) is 8.23. The summed E-state index contributed by atoms with van der Waals surface area (Å²) < 4.78 is 66.4. The Morgan fingerprint density at radius 1 is 1.12 bits per heavy atom. The van der Waals surface area contributed by atoms with Crippen LogP contribution in [0.15, 0.2) is 23.0 Å². The fraction of sp³-hybridized carbons (Fsp3) is 0.400. The third-order valence-corrected chi connectivity index (χ3v) is 6.86. The van der Waals surface area contributed by atoms with E-state index in [-0.39, 0.29) is 15.6 Å². The van der Waals surface area contributed by atoms with E-state index in [2.05, 4.69) is 4.98 Å². The molecule has 0 saturated carbocycles. The maximum atomic E-state index is 13.5. The van der Waals surface area contributed by atoms with Gasteiger partial charge in [-0.2, -0.15) is 18.2 Å². The molecule has 2 heterocycles. The maximum Gasteiger partial charge on any atom is 0.395 e. The second-order valence-corrected chi connectivity index (χ2v) is 8.71. The Morgan fingerprint density at radius 2 is 1.75 bits per heavy atom. The number of alkyl halides is 3. The number of halogens is 5. The molecule has 6 nitrogen and oxygen atoms in total. The first kappa shape index (κ1) is 22.3.